The van der Waals surface area contributed by atoms with Crippen LogP contribution in [0.25, 0.3) is 0 Å². The van der Waals surface area contributed by atoms with Crippen molar-refractivity contribution >= 4 is 11.8 Å². The SMILES string of the molecule is CC(C)(C)C1NC(=O)CCN(C2CC2)C1=O. The van der Waals surface area contributed by atoms with E-state index in [1.807, 2.05) is 25.7 Å². The molecule has 2 rings (SSSR count). The van der Waals surface area contributed by atoms with Crippen molar-refractivity contribution in [1.29, 1.82) is 0 Å². The summed E-state index contributed by atoms with van der Waals surface area (Å²) in [6.07, 6.45) is 2.63. The second kappa shape index (κ2) is 3.75. The van der Waals surface area contributed by atoms with Crippen LogP contribution in [0.3, 0.4) is 0 Å². The van der Waals surface area contributed by atoms with E-state index < -0.39 is 0 Å². The number of nitrogens with zero attached hydrogens (tertiary/aromatic N) is 1. The minimum Gasteiger partial charge on any atom is -0.344 e. The fourth-order valence-corrected chi connectivity index (χ4v) is 2.13. The van der Waals surface area contributed by atoms with Crippen molar-refractivity contribution in [3.8, 4) is 0 Å². The fourth-order valence-electron chi connectivity index (χ4n) is 2.13. The molecule has 1 aliphatic carbocycles. The molecule has 4 nitrogen and oxygen atoms in total. The van der Waals surface area contributed by atoms with Gasteiger partial charge in [-0.05, 0) is 18.3 Å². The van der Waals surface area contributed by atoms with Gasteiger partial charge in [-0.1, -0.05) is 20.8 Å². The molecule has 1 saturated heterocycles. The summed E-state index contributed by atoms with van der Waals surface area (Å²) in [6.45, 7) is 6.56. The Labute approximate surface area is 96.4 Å². The van der Waals surface area contributed by atoms with Crippen LogP contribution in [-0.4, -0.2) is 35.3 Å². The maximum atomic E-state index is 12.3. The number of rotatable bonds is 1. The van der Waals surface area contributed by atoms with Gasteiger partial charge in [0.2, 0.25) is 11.8 Å². The molecule has 1 atom stereocenters. The number of hydrogen-bond acceptors (Lipinski definition) is 2. The summed E-state index contributed by atoms with van der Waals surface area (Å²) in [6, 6.07) is 0.0214. The molecule has 4 heteroatoms. The van der Waals surface area contributed by atoms with E-state index in [2.05, 4.69) is 5.32 Å². The first kappa shape index (κ1) is 11.4. The molecule has 2 aliphatic rings. The van der Waals surface area contributed by atoms with Crippen LogP contribution in [0.4, 0.5) is 0 Å². The summed E-state index contributed by atoms with van der Waals surface area (Å²) < 4.78 is 0. The van der Waals surface area contributed by atoms with Gasteiger partial charge in [0, 0.05) is 19.0 Å². The molecular weight excluding hydrogens is 204 g/mol. The summed E-state index contributed by atoms with van der Waals surface area (Å²) in [5.74, 6) is 0.0947. The first-order valence-electron chi connectivity index (χ1n) is 5.99. The molecular formula is C12H20N2O2. The molecule has 2 fully saturated rings. The van der Waals surface area contributed by atoms with E-state index in [1.165, 1.54) is 0 Å². The highest BCUT2D eigenvalue weighted by Crippen LogP contribution is 2.31. The normalized spacial score (nSPS) is 27.7. The zero-order valence-corrected chi connectivity index (χ0v) is 10.2. The summed E-state index contributed by atoms with van der Waals surface area (Å²) >= 11 is 0. The van der Waals surface area contributed by atoms with Crippen molar-refractivity contribution < 1.29 is 9.59 Å². The van der Waals surface area contributed by atoms with Gasteiger partial charge in [0.1, 0.15) is 6.04 Å². The Hall–Kier alpha value is -1.06. The lowest BCUT2D eigenvalue weighted by molar-refractivity contribution is -0.136. The molecule has 0 spiro atoms. The first-order valence-corrected chi connectivity index (χ1v) is 5.99. The fraction of sp³-hybridized carbons (Fsp3) is 0.833. The third-order valence-electron chi connectivity index (χ3n) is 3.27. The molecule has 1 aliphatic heterocycles. The third-order valence-corrected chi connectivity index (χ3v) is 3.27. The van der Waals surface area contributed by atoms with Gasteiger partial charge in [-0.3, -0.25) is 9.59 Å². The Kier molecular flexibility index (Phi) is 2.68. The molecule has 0 bridgehead atoms. The largest absolute Gasteiger partial charge is 0.344 e. The lowest BCUT2D eigenvalue weighted by Gasteiger charge is -2.32. The Bertz CT molecular complexity index is 315. The Morgan fingerprint density at radius 3 is 2.38 bits per heavy atom. The van der Waals surface area contributed by atoms with Crippen LogP contribution in [-0.2, 0) is 9.59 Å². The predicted octanol–water partition coefficient (Wildman–Crippen LogP) is 0.912. The van der Waals surface area contributed by atoms with Gasteiger partial charge in [-0.25, -0.2) is 0 Å². The average Bonchev–Trinajstić information content (AvgIpc) is 2.94. The Morgan fingerprint density at radius 1 is 1.25 bits per heavy atom. The van der Waals surface area contributed by atoms with Crippen LogP contribution in [0.1, 0.15) is 40.0 Å². The van der Waals surface area contributed by atoms with Crippen LogP contribution in [0.5, 0.6) is 0 Å². The molecule has 0 aromatic carbocycles. The molecule has 1 heterocycles. The van der Waals surface area contributed by atoms with Crippen LogP contribution in [0.2, 0.25) is 0 Å². The lowest BCUT2D eigenvalue weighted by Crippen LogP contribution is -2.52. The van der Waals surface area contributed by atoms with Crippen molar-refractivity contribution in [2.24, 2.45) is 5.41 Å². The van der Waals surface area contributed by atoms with E-state index in [1.54, 1.807) is 0 Å². The maximum Gasteiger partial charge on any atom is 0.245 e. The number of amides is 2. The monoisotopic (exact) mass is 224 g/mol. The van der Waals surface area contributed by atoms with Gasteiger partial charge >= 0.3 is 0 Å². The molecule has 0 aromatic heterocycles. The van der Waals surface area contributed by atoms with Crippen molar-refractivity contribution in [3.63, 3.8) is 0 Å². The molecule has 16 heavy (non-hydrogen) atoms. The van der Waals surface area contributed by atoms with Crippen molar-refractivity contribution in [2.75, 3.05) is 6.54 Å². The molecule has 1 saturated carbocycles. The number of hydrogen-bond donors (Lipinski definition) is 1. The minimum atomic E-state index is -0.372. The quantitative estimate of drug-likeness (QED) is 0.720. The van der Waals surface area contributed by atoms with Gasteiger partial charge in [0.05, 0.1) is 0 Å². The highest BCUT2D eigenvalue weighted by Gasteiger charge is 2.42. The second-order valence-corrected chi connectivity index (χ2v) is 5.88. The predicted molar refractivity (Wildman–Crippen MR) is 60.7 cm³/mol. The average molecular weight is 224 g/mol. The van der Waals surface area contributed by atoms with E-state index in [0.29, 0.717) is 19.0 Å². The standard InChI is InChI=1S/C12H20N2O2/c1-12(2,3)10-11(16)14(8-4-5-8)7-6-9(15)13-10/h8,10H,4-7H2,1-3H3,(H,13,15). The zero-order chi connectivity index (χ0) is 11.9. The highest BCUT2D eigenvalue weighted by atomic mass is 16.2. The first-order chi connectivity index (χ1) is 7.39. The number of nitrogens with one attached hydrogen (secondary N) is 1. The van der Waals surface area contributed by atoms with E-state index in [0.717, 1.165) is 12.8 Å². The number of carbonyl (C=O) groups is 2. The van der Waals surface area contributed by atoms with Gasteiger partial charge in [0.25, 0.3) is 0 Å². The summed E-state index contributed by atoms with van der Waals surface area (Å²) in [4.78, 5) is 25.8. The Morgan fingerprint density at radius 2 is 1.88 bits per heavy atom. The highest BCUT2D eigenvalue weighted by molar-refractivity contribution is 5.90. The minimum absolute atomic E-state index is 0.00331. The third kappa shape index (κ3) is 2.20. The van der Waals surface area contributed by atoms with E-state index in [9.17, 15) is 9.59 Å². The van der Waals surface area contributed by atoms with Crippen LogP contribution in [0, 0.1) is 5.41 Å². The van der Waals surface area contributed by atoms with Crippen LogP contribution in [0.15, 0.2) is 0 Å². The molecule has 1 unspecified atom stereocenters. The molecule has 1 N–H and O–H groups in total. The van der Waals surface area contributed by atoms with Gasteiger partial charge < -0.3 is 10.2 Å². The molecule has 2 amide bonds. The molecule has 90 valence electrons. The second-order valence-electron chi connectivity index (χ2n) is 5.88. The van der Waals surface area contributed by atoms with Crippen LogP contribution >= 0.6 is 0 Å². The van der Waals surface area contributed by atoms with Gasteiger partial charge in [0.15, 0.2) is 0 Å². The van der Waals surface area contributed by atoms with Crippen molar-refractivity contribution in [1.82, 2.24) is 10.2 Å². The summed E-state index contributed by atoms with van der Waals surface area (Å²) in [5.41, 5.74) is -0.218. The topological polar surface area (TPSA) is 49.4 Å². The zero-order valence-electron chi connectivity index (χ0n) is 10.2. The Balaban J connectivity index is 2.20. The lowest BCUT2D eigenvalue weighted by atomic mass is 9.86. The van der Waals surface area contributed by atoms with Crippen LogP contribution < -0.4 is 5.32 Å². The molecule has 0 radical (unpaired) electrons. The maximum absolute atomic E-state index is 12.3. The summed E-state index contributed by atoms with van der Waals surface area (Å²) in [7, 11) is 0. The van der Waals surface area contributed by atoms with Gasteiger partial charge in [-0.15, -0.1) is 0 Å². The smallest absolute Gasteiger partial charge is 0.245 e. The van der Waals surface area contributed by atoms with Crippen molar-refractivity contribution in [2.45, 2.75) is 52.1 Å². The summed E-state index contributed by atoms with van der Waals surface area (Å²) in [5, 5.41) is 2.85. The van der Waals surface area contributed by atoms with E-state index >= 15 is 0 Å². The number of carbonyl (C=O) groups excluding carboxylic acids is 2. The van der Waals surface area contributed by atoms with Gasteiger partial charge in [-0.2, -0.15) is 0 Å². The van der Waals surface area contributed by atoms with Crippen molar-refractivity contribution in [3.05, 3.63) is 0 Å². The van der Waals surface area contributed by atoms with E-state index in [4.69, 9.17) is 0 Å². The van der Waals surface area contributed by atoms with E-state index in [-0.39, 0.29) is 23.3 Å². The molecule has 0 aromatic rings.